The fourth-order valence-electron chi connectivity index (χ4n) is 1.09. The summed E-state index contributed by atoms with van der Waals surface area (Å²) < 4.78 is 4.84. The van der Waals surface area contributed by atoms with E-state index < -0.39 is 5.60 Å². The van der Waals surface area contributed by atoms with Crippen molar-refractivity contribution in [3.63, 3.8) is 0 Å². The van der Waals surface area contributed by atoms with Crippen LogP contribution in [0.15, 0.2) is 0 Å². The monoisotopic (exact) mass is 246 g/mol. The van der Waals surface area contributed by atoms with Crippen LogP contribution in [0.5, 0.6) is 0 Å². The number of amides is 1. The van der Waals surface area contributed by atoms with Crippen molar-refractivity contribution in [3.8, 4) is 0 Å². The van der Waals surface area contributed by atoms with Gasteiger partial charge in [0.2, 0.25) is 5.91 Å². The van der Waals surface area contributed by atoms with E-state index in [1.54, 1.807) is 21.0 Å². The number of rotatable bonds is 8. The van der Waals surface area contributed by atoms with Gasteiger partial charge in [0.05, 0.1) is 18.2 Å². The molecule has 0 fully saturated rings. The number of carbonyl (C=O) groups excluding carboxylic acids is 1. The fraction of sp³-hybridized carbons (Fsp3) is 0.917. The minimum Gasteiger partial charge on any atom is -0.389 e. The van der Waals surface area contributed by atoms with Gasteiger partial charge in [-0.15, -0.1) is 0 Å². The summed E-state index contributed by atoms with van der Waals surface area (Å²) in [5.41, 5.74) is -0.804. The minimum atomic E-state index is -0.804. The molecule has 0 aromatic rings. The first kappa shape index (κ1) is 16.4. The maximum Gasteiger partial charge on any atom is 0.236 e. The number of carbonyl (C=O) groups is 1. The molecule has 2 unspecified atom stereocenters. The molecular formula is C12H26N2O3. The van der Waals surface area contributed by atoms with E-state index in [1.807, 2.05) is 13.8 Å². The van der Waals surface area contributed by atoms with Crippen molar-refractivity contribution >= 4 is 5.91 Å². The molecule has 102 valence electrons. The van der Waals surface area contributed by atoms with Gasteiger partial charge in [-0.2, -0.15) is 0 Å². The van der Waals surface area contributed by atoms with E-state index in [0.717, 1.165) is 0 Å². The molecular weight excluding hydrogens is 220 g/mol. The summed E-state index contributed by atoms with van der Waals surface area (Å²) in [6.07, 6.45) is 0. The number of hydrogen-bond donors (Lipinski definition) is 3. The van der Waals surface area contributed by atoms with Crippen LogP contribution in [0.4, 0.5) is 0 Å². The summed E-state index contributed by atoms with van der Waals surface area (Å²) in [4.78, 5) is 11.6. The van der Waals surface area contributed by atoms with Gasteiger partial charge in [-0.3, -0.25) is 4.79 Å². The average Bonchev–Trinajstić information content (AvgIpc) is 2.26. The third-order valence-electron chi connectivity index (χ3n) is 3.01. The highest BCUT2D eigenvalue weighted by atomic mass is 16.5. The van der Waals surface area contributed by atoms with Crippen molar-refractivity contribution in [2.45, 2.75) is 39.3 Å². The Labute approximate surface area is 104 Å². The number of nitrogens with one attached hydrogen (secondary N) is 2. The molecule has 0 aliphatic heterocycles. The molecule has 5 nitrogen and oxygen atoms in total. The first-order chi connectivity index (χ1) is 7.81. The summed E-state index contributed by atoms with van der Waals surface area (Å²) in [6, 6.07) is -0.322. The van der Waals surface area contributed by atoms with Crippen LogP contribution >= 0.6 is 0 Å². The lowest BCUT2D eigenvalue weighted by molar-refractivity contribution is -0.123. The Bertz CT molecular complexity index is 230. The van der Waals surface area contributed by atoms with Crippen LogP contribution in [-0.2, 0) is 9.53 Å². The van der Waals surface area contributed by atoms with Crippen molar-refractivity contribution in [3.05, 3.63) is 0 Å². The zero-order valence-corrected chi connectivity index (χ0v) is 11.5. The van der Waals surface area contributed by atoms with Crippen molar-refractivity contribution in [1.29, 1.82) is 0 Å². The lowest BCUT2D eigenvalue weighted by Gasteiger charge is -2.29. The summed E-state index contributed by atoms with van der Waals surface area (Å²) in [5, 5.41) is 15.8. The van der Waals surface area contributed by atoms with Gasteiger partial charge < -0.3 is 20.5 Å². The van der Waals surface area contributed by atoms with E-state index in [0.29, 0.717) is 19.7 Å². The molecule has 3 N–H and O–H groups in total. The third kappa shape index (κ3) is 6.61. The van der Waals surface area contributed by atoms with Crippen molar-refractivity contribution < 1.29 is 14.6 Å². The topological polar surface area (TPSA) is 70.6 Å². The molecule has 17 heavy (non-hydrogen) atoms. The van der Waals surface area contributed by atoms with Gasteiger partial charge in [-0.25, -0.2) is 0 Å². The van der Waals surface area contributed by atoms with E-state index in [4.69, 9.17) is 4.74 Å². The average molecular weight is 246 g/mol. The number of methoxy groups -OCH3 is 1. The number of hydrogen-bond acceptors (Lipinski definition) is 4. The van der Waals surface area contributed by atoms with E-state index in [9.17, 15) is 9.90 Å². The largest absolute Gasteiger partial charge is 0.389 e. The molecule has 1 amide bonds. The van der Waals surface area contributed by atoms with E-state index >= 15 is 0 Å². The quantitative estimate of drug-likeness (QED) is 0.533. The second-order valence-corrected chi connectivity index (χ2v) is 4.90. The first-order valence-electron chi connectivity index (χ1n) is 6.03. The highest BCUT2D eigenvalue weighted by Crippen LogP contribution is 2.14. The molecule has 0 saturated carbocycles. The molecule has 0 spiro atoms. The van der Waals surface area contributed by atoms with Crippen molar-refractivity contribution in [1.82, 2.24) is 10.6 Å². The van der Waals surface area contributed by atoms with Crippen LogP contribution in [0.3, 0.4) is 0 Å². The summed E-state index contributed by atoms with van der Waals surface area (Å²) in [6.45, 7) is 8.84. The molecule has 0 aromatic carbocycles. The minimum absolute atomic E-state index is 0.0818. The standard InChI is InChI=1S/C12H26N2O3/c1-9(2)12(4,16)8-14-10(3)11(15)13-6-7-17-5/h9-10,14,16H,6-8H2,1-5H3,(H,13,15). The molecule has 0 aliphatic carbocycles. The van der Waals surface area contributed by atoms with Crippen LogP contribution in [0.2, 0.25) is 0 Å². The SMILES string of the molecule is COCCNC(=O)C(C)NCC(C)(O)C(C)C. The van der Waals surface area contributed by atoms with E-state index in [2.05, 4.69) is 10.6 Å². The van der Waals surface area contributed by atoms with Gasteiger partial charge in [0.15, 0.2) is 0 Å². The Morgan fingerprint density at radius 3 is 2.47 bits per heavy atom. The summed E-state index contributed by atoms with van der Waals surface area (Å²) in [7, 11) is 1.59. The molecule has 0 aromatic heterocycles. The molecule has 0 rings (SSSR count). The second kappa shape index (κ2) is 7.63. The Kier molecular flexibility index (Phi) is 7.34. The maximum absolute atomic E-state index is 11.6. The third-order valence-corrected chi connectivity index (χ3v) is 3.01. The van der Waals surface area contributed by atoms with Gasteiger partial charge in [0.25, 0.3) is 0 Å². The Balaban J connectivity index is 3.92. The van der Waals surface area contributed by atoms with Crippen LogP contribution in [-0.4, -0.2) is 49.5 Å². The highest BCUT2D eigenvalue weighted by molar-refractivity contribution is 5.81. The molecule has 0 bridgehead atoms. The molecule has 0 saturated heterocycles. The summed E-state index contributed by atoms with van der Waals surface area (Å²) >= 11 is 0. The predicted octanol–water partition coefficient (Wildman–Crippen LogP) is 0.134. The van der Waals surface area contributed by atoms with Crippen LogP contribution in [0.1, 0.15) is 27.7 Å². The molecule has 0 aliphatic rings. The van der Waals surface area contributed by atoms with Gasteiger partial charge in [-0.1, -0.05) is 13.8 Å². The lowest BCUT2D eigenvalue weighted by Crippen LogP contribution is -2.50. The first-order valence-corrected chi connectivity index (χ1v) is 6.03. The van der Waals surface area contributed by atoms with Gasteiger partial charge >= 0.3 is 0 Å². The van der Waals surface area contributed by atoms with Crippen LogP contribution in [0.25, 0.3) is 0 Å². The Morgan fingerprint density at radius 2 is 2.00 bits per heavy atom. The van der Waals surface area contributed by atoms with Crippen LogP contribution in [0, 0.1) is 5.92 Å². The molecule has 0 heterocycles. The maximum atomic E-state index is 11.6. The van der Waals surface area contributed by atoms with Gasteiger partial charge in [-0.05, 0) is 19.8 Å². The Hall–Kier alpha value is -0.650. The molecule has 2 atom stereocenters. The molecule has 5 heteroatoms. The lowest BCUT2D eigenvalue weighted by atomic mass is 9.92. The van der Waals surface area contributed by atoms with E-state index in [1.165, 1.54) is 0 Å². The normalized spacial score (nSPS) is 16.6. The van der Waals surface area contributed by atoms with E-state index in [-0.39, 0.29) is 17.9 Å². The van der Waals surface area contributed by atoms with Crippen molar-refractivity contribution in [2.75, 3.05) is 26.8 Å². The Morgan fingerprint density at radius 1 is 1.41 bits per heavy atom. The van der Waals surface area contributed by atoms with Crippen LogP contribution < -0.4 is 10.6 Å². The smallest absolute Gasteiger partial charge is 0.236 e. The predicted molar refractivity (Wildman–Crippen MR) is 67.8 cm³/mol. The highest BCUT2D eigenvalue weighted by Gasteiger charge is 2.26. The second-order valence-electron chi connectivity index (χ2n) is 4.90. The summed E-state index contributed by atoms with van der Waals surface area (Å²) in [5.74, 6) is 0.0559. The van der Waals surface area contributed by atoms with Gasteiger partial charge in [0, 0.05) is 20.2 Å². The molecule has 0 radical (unpaired) electrons. The zero-order chi connectivity index (χ0) is 13.5. The number of ether oxygens (including phenoxy) is 1. The zero-order valence-electron chi connectivity index (χ0n) is 11.5. The number of aliphatic hydroxyl groups is 1. The van der Waals surface area contributed by atoms with Gasteiger partial charge in [0.1, 0.15) is 0 Å². The van der Waals surface area contributed by atoms with Crippen molar-refractivity contribution in [2.24, 2.45) is 5.92 Å². The fourth-order valence-corrected chi connectivity index (χ4v) is 1.09.